The molecule has 0 aliphatic carbocycles. The number of rotatable bonds is 4. The van der Waals surface area contributed by atoms with E-state index in [1.165, 1.54) is 11.1 Å². The van der Waals surface area contributed by atoms with Gasteiger partial charge in [-0.3, -0.25) is 9.59 Å². The van der Waals surface area contributed by atoms with Crippen LogP contribution in [0.3, 0.4) is 0 Å². The molecular formula is C14H17N3O2S. The number of fused-ring (bicyclic) bond motifs is 1. The van der Waals surface area contributed by atoms with Gasteiger partial charge in [-0.15, -0.1) is 11.8 Å². The van der Waals surface area contributed by atoms with E-state index >= 15 is 0 Å². The second kappa shape index (κ2) is 5.85. The first-order valence-corrected chi connectivity index (χ1v) is 7.81. The van der Waals surface area contributed by atoms with Crippen LogP contribution in [0.5, 0.6) is 0 Å². The van der Waals surface area contributed by atoms with Crippen LogP contribution in [0.25, 0.3) is 0 Å². The highest BCUT2D eigenvalue weighted by atomic mass is 32.2. The summed E-state index contributed by atoms with van der Waals surface area (Å²) in [5.41, 5.74) is 3.74. The summed E-state index contributed by atoms with van der Waals surface area (Å²) in [6.45, 7) is 2.51. The van der Waals surface area contributed by atoms with Gasteiger partial charge in [-0.2, -0.15) is 0 Å². The molecule has 6 heteroatoms. The van der Waals surface area contributed by atoms with Crippen molar-refractivity contribution < 1.29 is 9.59 Å². The Bertz CT molecular complexity index is 547. The number of carbonyl (C=O) groups excluding carboxylic acids is 2. The molecule has 1 aromatic rings. The first-order valence-electron chi connectivity index (χ1n) is 6.66. The molecule has 0 unspecified atom stereocenters. The van der Waals surface area contributed by atoms with Gasteiger partial charge in [0.05, 0.1) is 11.6 Å². The molecule has 2 aliphatic rings. The zero-order valence-electron chi connectivity index (χ0n) is 11.1. The monoisotopic (exact) mass is 291 g/mol. The highest BCUT2D eigenvalue weighted by Crippen LogP contribution is 2.17. The highest BCUT2D eigenvalue weighted by molar-refractivity contribution is 8.00. The normalized spacial score (nSPS) is 17.4. The first kappa shape index (κ1) is 13.5. The van der Waals surface area contributed by atoms with Crippen LogP contribution in [0.4, 0.5) is 0 Å². The second-order valence-corrected chi connectivity index (χ2v) is 6.01. The van der Waals surface area contributed by atoms with E-state index in [-0.39, 0.29) is 18.4 Å². The zero-order chi connectivity index (χ0) is 13.9. The van der Waals surface area contributed by atoms with Crippen molar-refractivity contribution in [2.75, 3.05) is 18.2 Å². The van der Waals surface area contributed by atoms with Crippen LogP contribution in [0, 0.1) is 0 Å². The van der Waals surface area contributed by atoms with Gasteiger partial charge in [0.25, 0.3) is 0 Å². The lowest BCUT2D eigenvalue weighted by atomic mass is 10.1. The largest absolute Gasteiger partial charge is 0.350 e. The van der Waals surface area contributed by atoms with Gasteiger partial charge in [0.15, 0.2) is 0 Å². The molecule has 0 saturated carbocycles. The predicted molar refractivity (Wildman–Crippen MR) is 77.9 cm³/mol. The maximum absolute atomic E-state index is 11.8. The van der Waals surface area contributed by atoms with Crippen LogP contribution < -0.4 is 10.6 Å². The van der Waals surface area contributed by atoms with Crippen molar-refractivity contribution in [2.24, 2.45) is 0 Å². The Kier molecular flexibility index (Phi) is 3.93. The standard InChI is InChI=1S/C14H17N3O2S/c18-13(7-17-9-20-8-14(17)19)16-4-10-1-2-11-5-15-6-12(11)3-10/h1-3,15H,4-9H2,(H,16,18). The minimum Gasteiger partial charge on any atom is -0.350 e. The van der Waals surface area contributed by atoms with Gasteiger partial charge < -0.3 is 15.5 Å². The molecule has 0 spiro atoms. The number of benzene rings is 1. The van der Waals surface area contributed by atoms with Gasteiger partial charge in [-0.1, -0.05) is 18.2 Å². The van der Waals surface area contributed by atoms with Crippen LogP contribution >= 0.6 is 11.8 Å². The van der Waals surface area contributed by atoms with E-state index in [4.69, 9.17) is 0 Å². The molecule has 0 radical (unpaired) electrons. The lowest BCUT2D eigenvalue weighted by Crippen LogP contribution is -2.37. The van der Waals surface area contributed by atoms with Crippen LogP contribution in [0.1, 0.15) is 16.7 Å². The number of nitrogens with zero attached hydrogens (tertiary/aromatic N) is 1. The molecule has 20 heavy (non-hydrogen) atoms. The third kappa shape index (κ3) is 2.96. The van der Waals surface area contributed by atoms with Crippen molar-refractivity contribution in [3.63, 3.8) is 0 Å². The molecule has 0 bridgehead atoms. The molecule has 2 heterocycles. The third-order valence-corrected chi connectivity index (χ3v) is 4.50. The Morgan fingerprint density at radius 2 is 2.20 bits per heavy atom. The molecule has 5 nitrogen and oxygen atoms in total. The predicted octanol–water partition coefficient (Wildman–Crippen LogP) is 0.439. The van der Waals surface area contributed by atoms with E-state index in [9.17, 15) is 9.59 Å². The minimum absolute atomic E-state index is 0.0498. The van der Waals surface area contributed by atoms with Crippen molar-refractivity contribution >= 4 is 23.6 Å². The summed E-state index contributed by atoms with van der Waals surface area (Å²) in [5, 5.41) is 6.17. The zero-order valence-corrected chi connectivity index (χ0v) is 12.0. The Balaban J connectivity index is 1.51. The summed E-state index contributed by atoms with van der Waals surface area (Å²) in [5.74, 6) is 1.07. The number of carbonyl (C=O) groups is 2. The lowest BCUT2D eigenvalue weighted by molar-refractivity contribution is -0.132. The molecule has 0 atom stereocenters. The molecule has 1 fully saturated rings. The summed E-state index contributed by atoms with van der Waals surface area (Å²) in [4.78, 5) is 24.8. The van der Waals surface area contributed by atoms with Gasteiger partial charge in [0.1, 0.15) is 6.54 Å². The Morgan fingerprint density at radius 1 is 1.35 bits per heavy atom. The molecule has 3 rings (SSSR count). The highest BCUT2D eigenvalue weighted by Gasteiger charge is 2.22. The SMILES string of the molecule is O=C(CN1CSCC1=O)NCc1ccc2c(c1)CNC2. The third-order valence-electron chi connectivity index (χ3n) is 3.55. The van der Waals surface area contributed by atoms with E-state index in [1.54, 1.807) is 16.7 Å². The maximum atomic E-state index is 11.8. The topological polar surface area (TPSA) is 61.4 Å². The second-order valence-electron chi connectivity index (χ2n) is 5.05. The summed E-state index contributed by atoms with van der Waals surface area (Å²) < 4.78 is 0. The van der Waals surface area contributed by atoms with Crippen molar-refractivity contribution in [3.8, 4) is 0 Å². The molecular weight excluding hydrogens is 274 g/mol. The van der Waals surface area contributed by atoms with Crippen molar-refractivity contribution in [3.05, 3.63) is 34.9 Å². The molecule has 106 valence electrons. The van der Waals surface area contributed by atoms with Gasteiger partial charge in [-0.05, 0) is 16.7 Å². The van der Waals surface area contributed by atoms with Crippen LogP contribution in [-0.4, -0.2) is 34.9 Å². The molecule has 2 N–H and O–H groups in total. The first-order chi connectivity index (χ1) is 9.72. The smallest absolute Gasteiger partial charge is 0.239 e. The average Bonchev–Trinajstić information content (AvgIpc) is 3.05. The van der Waals surface area contributed by atoms with Crippen LogP contribution in [0.2, 0.25) is 0 Å². The molecule has 2 amide bonds. The summed E-state index contributed by atoms with van der Waals surface area (Å²) in [6.07, 6.45) is 0. The number of hydrogen-bond acceptors (Lipinski definition) is 4. The van der Waals surface area contributed by atoms with Crippen molar-refractivity contribution in [1.29, 1.82) is 0 Å². The molecule has 0 aromatic heterocycles. The fourth-order valence-corrected chi connectivity index (χ4v) is 3.33. The Labute approximate surface area is 122 Å². The van der Waals surface area contributed by atoms with E-state index in [0.29, 0.717) is 18.2 Å². The quantitative estimate of drug-likeness (QED) is 0.845. The number of thioether (sulfide) groups is 1. The van der Waals surface area contributed by atoms with Gasteiger partial charge in [0, 0.05) is 19.6 Å². The van der Waals surface area contributed by atoms with Gasteiger partial charge in [-0.25, -0.2) is 0 Å². The Hall–Kier alpha value is -1.53. The van der Waals surface area contributed by atoms with Crippen LogP contribution in [-0.2, 0) is 29.2 Å². The maximum Gasteiger partial charge on any atom is 0.239 e. The fraction of sp³-hybridized carbons (Fsp3) is 0.429. The number of hydrogen-bond donors (Lipinski definition) is 2. The van der Waals surface area contributed by atoms with E-state index in [2.05, 4.69) is 22.8 Å². The number of nitrogens with one attached hydrogen (secondary N) is 2. The molecule has 2 aliphatic heterocycles. The van der Waals surface area contributed by atoms with Gasteiger partial charge in [0.2, 0.25) is 11.8 Å². The minimum atomic E-state index is -0.0977. The lowest BCUT2D eigenvalue weighted by Gasteiger charge is -2.14. The van der Waals surface area contributed by atoms with Gasteiger partial charge >= 0.3 is 0 Å². The van der Waals surface area contributed by atoms with Crippen molar-refractivity contribution in [2.45, 2.75) is 19.6 Å². The van der Waals surface area contributed by atoms with E-state index in [1.807, 2.05) is 6.07 Å². The number of amides is 2. The van der Waals surface area contributed by atoms with Crippen molar-refractivity contribution in [1.82, 2.24) is 15.5 Å². The summed E-state index contributed by atoms with van der Waals surface area (Å²) in [7, 11) is 0. The van der Waals surface area contributed by atoms with E-state index in [0.717, 1.165) is 18.7 Å². The summed E-state index contributed by atoms with van der Waals surface area (Å²) >= 11 is 1.55. The average molecular weight is 291 g/mol. The fourth-order valence-electron chi connectivity index (χ4n) is 2.43. The summed E-state index contributed by atoms with van der Waals surface area (Å²) in [6, 6.07) is 6.28. The van der Waals surface area contributed by atoms with Crippen LogP contribution in [0.15, 0.2) is 18.2 Å². The van der Waals surface area contributed by atoms with E-state index < -0.39 is 0 Å². The molecule has 1 saturated heterocycles. The Morgan fingerprint density at radius 3 is 3.00 bits per heavy atom. The molecule has 1 aromatic carbocycles.